The van der Waals surface area contributed by atoms with Crippen molar-refractivity contribution in [2.45, 2.75) is 6.43 Å². The predicted molar refractivity (Wildman–Crippen MR) is 19.8 cm³/mol. The Hall–Kier alpha value is -0.910. The number of alkyl halides is 2. The Morgan fingerprint density at radius 1 is 1.71 bits per heavy atom. The molecule has 0 fully saturated rings. The van der Waals surface area contributed by atoms with Gasteiger partial charge in [0.15, 0.2) is 0 Å². The van der Waals surface area contributed by atoms with Gasteiger partial charge in [-0.25, -0.2) is 8.78 Å². The van der Waals surface area contributed by atoms with Crippen LogP contribution in [0, 0.1) is 12.3 Å². The van der Waals surface area contributed by atoms with E-state index in [0.29, 0.717) is 0 Å². The van der Waals surface area contributed by atoms with Gasteiger partial charge in [-0.3, -0.25) is 4.79 Å². The first kappa shape index (κ1) is 6.09. The van der Waals surface area contributed by atoms with Crippen molar-refractivity contribution in [2.75, 3.05) is 0 Å². The minimum absolute atomic E-state index is 1.28. The number of carbonyl (C=O) groups excluding carboxylic acids is 1. The Labute approximate surface area is 39.3 Å². The Morgan fingerprint density at radius 3 is 2.14 bits per heavy atom. The summed E-state index contributed by atoms with van der Waals surface area (Å²) in [5.74, 6) is -0.183. The molecular formula is C4H2F2O. The summed E-state index contributed by atoms with van der Waals surface area (Å²) in [7, 11) is 0. The van der Waals surface area contributed by atoms with Crippen LogP contribution < -0.4 is 0 Å². The van der Waals surface area contributed by atoms with Crippen molar-refractivity contribution in [3.63, 3.8) is 0 Å². The van der Waals surface area contributed by atoms with Crippen molar-refractivity contribution in [1.82, 2.24) is 0 Å². The van der Waals surface area contributed by atoms with Crippen LogP contribution in [0.4, 0.5) is 8.78 Å². The number of ketones is 1. The van der Waals surface area contributed by atoms with Crippen LogP contribution in [-0.2, 0) is 4.79 Å². The lowest BCUT2D eigenvalue weighted by Crippen LogP contribution is -2.04. The second-order valence-corrected chi connectivity index (χ2v) is 0.809. The van der Waals surface area contributed by atoms with E-state index in [2.05, 4.69) is 6.42 Å². The molecule has 0 spiro atoms. The van der Waals surface area contributed by atoms with Gasteiger partial charge in [0.1, 0.15) is 0 Å². The van der Waals surface area contributed by atoms with E-state index in [1.54, 1.807) is 0 Å². The van der Waals surface area contributed by atoms with Crippen LogP contribution >= 0.6 is 0 Å². The van der Waals surface area contributed by atoms with Crippen molar-refractivity contribution >= 4 is 5.78 Å². The monoisotopic (exact) mass is 104 g/mol. The standard InChI is InChI=1S/C4H2F2O/c1-2-3(7)4(5)6/h1,4H. The fraction of sp³-hybridized carbons (Fsp3) is 0.250. The van der Waals surface area contributed by atoms with Crippen LogP contribution in [0.15, 0.2) is 0 Å². The summed E-state index contributed by atoms with van der Waals surface area (Å²) in [4.78, 5) is 9.53. The topological polar surface area (TPSA) is 17.1 Å². The molecule has 0 aromatic carbocycles. The van der Waals surface area contributed by atoms with Crippen LogP contribution in [0.1, 0.15) is 0 Å². The molecule has 0 aliphatic rings. The summed E-state index contributed by atoms with van der Waals surface area (Å²) < 4.78 is 21.9. The number of terminal acetylenes is 1. The van der Waals surface area contributed by atoms with Gasteiger partial charge in [0.05, 0.1) is 0 Å². The van der Waals surface area contributed by atoms with Crippen molar-refractivity contribution < 1.29 is 13.6 Å². The molecule has 0 N–H and O–H groups in total. The van der Waals surface area contributed by atoms with Gasteiger partial charge in [-0.15, -0.1) is 6.42 Å². The van der Waals surface area contributed by atoms with Gasteiger partial charge in [0.25, 0.3) is 5.78 Å². The normalized spacial score (nSPS) is 8.29. The average molecular weight is 104 g/mol. The molecule has 3 heteroatoms. The highest BCUT2D eigenvalue weighted by atomic mass is 19.3. The molecular weight excluding hydrogens is 102 g/mol. The molecule has 0 amide bonds. The van der Waals surface area contributed by atoms with Crippen LogP contribution in [0.2, 0.25) is 0 Å². The van der Waals surface area contributed by atoms with Gasteiger partial charge in [0, 0.05) is 0 Å². The molecule has 0 rings (SSSR count). The smallest absolute Gasteiger partial charge is 0.278 e. The molecule has 7 heavy (non-hydrogen) atoms. The molecule has 0 aromatic heterocycles. The predicted octanol–water partition coefficient (Wildman–Crippen LogP) is 0.454. The SMILES string of the molecule is C#CC(=O)C(F)F. The number of rotatable bonds is 1. The summed E-state index contributed by atoms with van der Waals surface area (Å²) in [6, 6.07) is 0. The molecule has 0 saturated carbocycles. The second-order valence-electron chi connectivity index (χ2n) is 0.809. The Bertz CT molecular complexity index is 111. The zero-order chi connectivity index (χ0) is 5.86. The molecule has 0 bridgehead atoms. The minimum Gasteiger partial charge on any atom is -0.278 e. The molecule has 0 aromatic rings. The van der Waals surface area contributed by atoms with Gasteiger partial charge in [-0.05, 0) is 5.92 Å². The molecule has 0 saturated heterocycles. The van der Waals surface area contributed by atoms with E-state index in [9.17, 15) is 13.6 Å². The van der Waals surface area contributed by atoms with Crippen LogP contribution in [-0.4, -0.2) is 12.2 Å². The zero-order valence-electron chi connectivity index (χ0n) is 3.32. The van der Waals surface area contributed by atoms with Crippen LogP contribution in [0.5, 0.6) is 0 Å². The van der Waals surface area contributed by atoms with Crippen molar-refractivity contribution in [1.29, 1.82) is 0 Å². The molecule has 0 aliphatic carbocycles. The third-order valence-corrected chi connectivity index (χ3v) is 0.340. The van der Waals surface area contributed by atoms with Gasteiger partial charge in [-0.1, -0.05) is 0 Å². The van der Waals surface area contributed by atoms with E-state index in [0.717, 1.165) is 0 Å². The van der Waals surface area contributed by atoms with Gasteiger partial charge < -0.3 is 0 Å². The molecule has 0 radical (unpaired) electrons. The Balaban J connectivity index is 3.64. The largest absolute Gasteiger partial charge is 0.308 e. The summed E-state index contributed by atoms with van der Waals surface area (Å²) in [6.45, 7) is 0. The maximum absolute atomic E-state index is 10.9. The van der Waals surface area contributed by atoms with Gasteiger partial charge >= 0.3 is 6.43 Å². The van der Waals surface area contributed by atoms with E-state index in [-0.39, 0.29) is 0 Å². The van der Waals surface area contributed by atoms with Gasteiger partial charge in [0.2, 0.25) is 0 Å². The molecule has 1 nitrogen and oxygen atoms in total. The maximum Gasteiger partial charge on any atom is 0.308 e. The molecule has 0 unspecified atom stereocenters. The minimum atomic E-state index is -3.01. The van der Waals surface area contributed by atoms with Crippen molar-refractivity contribution in [3.05, 3.63) is 0 Å². The summed E-state index contributed by atoms with van der Waals surface area (Å²) in [5, 5.41) is 0. The summed E-state index contributed by atoms with van der Waals surface area (Å²) >= 11 is 0. The third-order valence-electron chi connectivity index (χ3n) is 0.340. The fourth-order valence-corrected chi connectivity index (χ4v) is 0.0630. The van der Waals surface area contributed by atoms with E-state index in [1.807, 2.05) is 0 Å². The molecule has 0 atom stereocenters. The first-order valence-electron chi connectivity index (χ1n) is 1.47. The second kappa shape index (κ2) is 2.30. The quantitative estimate of drug-likeness (QED) is 0.348. The Morgan fingerprint density at radius 2 is 2.14 bits per heavy atom. The van der Waals surface area contributed by atoms with E-state index >= 15 is 0 Å². The van der Waals surface area contributed by atoms with Crippen molar-refractivity contribution in [3.8, 4) is 12.3 Å². The van der Waals surface area contributed by atoms with Crippen LogP contribution in [0.25, 0.3) is 0 Å². The van der Waals surface area contributed by atoms with E-state index in [4.69, 9.17) is 0 Å². The Kier molecular flexibility index (Phi) is 2.00. The van der Waals surface area contributed by atoms with E-state index < -0.39 is 12.2 Å². The summed E-state index contributed by atoms with van der Waals surface area (Å²) in [5.41, 5.74) is 0. The highest BCUT2D eigenvalue weighted by Gasteiger charge is 2.09. The number of Topliss-reactive ketones (excluding diaryl/α,β-unsaturated/α-hetero) is 1. The fourth-order valence-electron chi connectivity index (χ4n) is 0.0630. The third kappa shape index (κ3) is 1.88. The average Bonchev–Trinajstić information content (AvgIpc) is 1.65. The summed E-state index contributed by atoms with van der Waals surface area (Å²) in [6.07, 6.45) is 1.28. The van der Waals surface area contributed by atoms with Crippen LogP contribution in [0.3, 0.4) is 0 Å². The first-order valence-corrected chi connectivity index (χ1v) is 1.47. The highest BCUT2D eigenvalue weighted by Crippen LogP contribution is 1.90. The molecule has 0 heterocycles. The van der Waals surface area contributed by atoms with Crippen molar-refractivity contribution in [2.24, 2.45) is 0 Å². The van der Waals surface area contributed by atoms with E-state index in [1.165, 1.54) is 5.92 Å². The number of hydrogen-bond donors (Lipinski definition) is 0. The molecule has 38 valence electrons. The number of hydrogen-bond acceptors (Lipinski definition) is 1. The number of halogens is 2. The molecule has 0 aliphatic heterocycles. The zero-order valence-corrected chi connectivity index (χ0v) is 3.32. The van der Waals surface area contributed by atoms with Gasteiger partial charge in [-0.2, -0.15) is 0 Å². The lowest BCUT2D eigenvalue weighted by atomic mass is 10.4. The lowest BCUT2D eigenvalue weighted by Gasteiger charge is -1.81. The highest BCUT2D eigenvalue weighted by molar-refractivity contribution is 5.97. The maximum atomic E-state index is 10.9. The first-order chi connectivity index (χ1) is 3.18. The lowest BCUT2D eigenvalue weighted by molar-refractivity contribution is -0.123. The number of carbonyl (C=O) groups is 1.